The zero-order valence-electron chi connectivity index (χ0n) is 9.64. The maximum Gasteiger partial charge on any atom is 0.175 e. The van der Waals surface area contributed by atoms with Crippen LogP contribution in [0.15, 0.2) is 35.4 Å². The smallest absolute Gasteiger partial charge is 0.175 e. The molecule has 1 aromatic heterocycles. The molecule has 0 fully saturated rings. The summed E-state index contributed by atoms with van der Waals surface area (Å²) < 4.78 is 22.7. The Balaban J connectivity index is 2.51. The number of nitrogens with two attached hydrogens (primary N) is 1. The van der Waals surface area contributed by atoms with Crippen LogP contribution in [0.25, 0.3) is 11.1 Å². The van der Waals surface area contributed by atoms with Crippen molar-refractivity contribution in [3.8, 4) is 17.2 Å². The lowest BCUT2D eigenvalue weighted by molar-refractivity contribution is 0.602. The molecular weight excluding hydrogens is 250 g/mol. The number of nitrogen functional groups attached to an aromatic ring is 1. The first-order valence-electron chi connectivity index (χ1n) is 5.11. The Morgan fingerprint density at radius 1 is 1.28 bits per heavy atom. The molecule has 5 nitrogen and oxygen atoms in total. The van der Waals surface area contributed by atoms with Gasteiger partial charge in [0.1, 0.15) is 17.5 Å². The number of nitrogens with zero attached hydrogens (tertiary/aromatic N) is 1. The van der Waals surface area contributed by atoms with Gasteiger partial charge in [0.2, 0.25) is 0 Å². The van der Waals surface area contributed by atoms with Crippen molar-refractivity contribution in [2.45, 2.75) is 4.90 Å². The average Bonchev–Trinajstić information content (AvgIpc) is 2.69. The number of nitrogens with one attached hydrogen (secondary N) is 1. The zero-order chi connectivity index (χ0) is 13.3. The molecule has 92 valence electrons. The average molecular weight is 261 g/mol. The first kappa shape index (κ1) is 12.2. The van der Waals surface area contributed by atoms with Gasteiger partial charge in [-0.1, -0.05) is 12.1 Å². The number of sulfone groups is 1. The number of H-pyrrole nitrogens is 1. The molecule has 3 N–H and O–H groups in total. The van der Waals surface area contributed by atoms with Crippen LogP contribution in [0.2, 0.25) is 0 Å². The predicted molar refractivity (Wildman–Crippen MR) is 68.5 cm³/mol. The van der Waals surface area contributed by atoms with Gasteiger partial charge in [-0.25, -0.2) is 8.42 Å². The Hall–Kier alpha value is -2.26. The summed E-state index contributed by atoms with van der Waals surface area (Å²) in [5.41, 5.74) is 7.38. The van der Waals surface area contributed by atoms with Crippen molar-refractivity contribution in [3.05, 3.63) is 36.0 Å². The Bertz CT molecular complexity index is 722. The molecule has 0 aliphatic carbocycles. The SMILES string of the molecule is CS(=O)(=O)c1ccc(-c2c[nH]c(N)c2C#N)cc1. The maximum atomic E-state index is 11.3. The summed E-state index contributed by atoms with van der Waals surface area (Å²) in [7, 11) is -3.21. The minimum Gasteiger partial charge on any atom is -0.384 e. The van der Waals surface area contributed by atoms with Gasteiger partial charge in [0, 0.05) is 18.0 Å². The minimum absolute atomic E-state index is 0.244. The third-order valence-electron chi connectivity index (χ3n) is 2.62. The Labute approximate surface area is 105 Å². The lowest BCUT2D eigenvalue weighted by atomic mass is 10.1. The Morgan fingerprint density at radius 3 is 2.39 bits per heavy atom. The fraction of sp³-hybridized carbons (Fsp3) is 0.0833. The van der Waals surface area contributed by atoms with Crippen LogP contribution in [0.3, 0.4) is 0 Å². The monoisotopic (exact) mass is 261 g/mol. The van der Waals surface area contributed by atoms with Gasteiger partial charge >= 0.3 is 0 Å². The number of nitriles is 1. The molecule has 1 heterocycles. The molecule has 2 aromatic rings. The number of aromatic nitrogens is 1. The van der Waals surface area contributed by atoms with Crippen molar-refractivity contribution in [1.29, 1.82) is 5.26 Å². The van der Waals surface area contributed by atoms with Crippen molar-refractivity contribution in [2.75, 3.05) is 12.0 Å². The van der Waals surface area contributed by atoms with E-state index < -0.39 is 9.84 Å². The topological polar surface area (TPSA) is 99.7 Å². The molecule has 6 heteroatoms. The molecule has 0 bridgehead atoms. The number of hydrogen-bond donors (Lipinski definition) is 2. The number of hydrogen-bond acceptors (Lipinski definition) is 4. The van der Waals surface area contributed by atoms with E-state index in [1.807, 2.05) is 6.07 Å². The van der Waals surface area contributed by atoms with Crippen LogP contribution in [0.5, 0.6) is 0 Å². The standard InChI is InChI=1S/C12H11N3O2S/c1-18(16,17)9-4-2-8(3-5-9)11-7-15-12(14)10(11)6-13/h2-5,7,15H,14H2,1H3. The molecule has 18 heavy (non-hydrogen) atoms. The van der Waals surface area contributed by atoms with Gasteiger partial charge in [0.15, 0.2) is 9.84 Å². The third-order valence-corrected chi connectivity index (χ3v) is 3.74. The normalized spacial score (nSPS) is 11.1. The summed E-state index contributed by atoms with van der Waals surface area (Å²) in [5, 5.41) is 8.99. The minimum atomic E-state index is -3.21. The van der Waals surface area contributed by atoms with E-state index in [1.165, 1.54) is 12.1 Å². The maximum absolute atomic E-state index is 11.3. The van der Waals surface area contributed by atoms with Crippen LogP contribution >= 0.6 is 0 Å². The second-order valence-electron chi connectivity index (χ2n) is 3.90. The summed E-state index contributed by atoms with van der Waals surface area (Å²) in [6.07, 6.45) is 2.78. The van der Waals surface area contributed by atoms with E-state index in [2.05, 4.69) is 4.98 Å². The van der Waals surface area contributed by atoms with E-state index in [9.17, 15) is 8.42 Å². The van der Waals surface area contributed by atoms with E-state index in [0.717, 1.165) is 11.8 Å². The van der Waals surface area contributed by atoms with Gasteiger partial charge < -0.3 is 10.7 Å². The Morgan fingerprint density at radius 2 is 1.89 bits per heavy atom. The first-order chi connectivity index (χ1) is 8.43. The second kappa shape index (κ2) is 4.20. The van der Waals surface area contributed by atoms with Crippen molar-refractivity contribution < 1.29 is 8.42 Å². The fourth-order valence-corrected chi connectivity index (χ4v) is 2.30. The highest BCUT2D eigenvalue weighted by molar-refractivity contribution is 7.90. The van der Waals surface area contributed by atoms with Gasteiger partial charge in [-0.15, -0.1) is 0 Å². The molecule has 0 saturated heterocycles. The van der Waals surface area contributed by atoms with Crippen LogP contribution in [0.4, 0.5) is 5.82 Å². The summed E-state index contributed by atoms with van der Waals surface area (Å²) in [4.78, 5) is 3.01. The van der Waals surface area contributed by atoms with E-state index in [-0.39, 0.29) is 4.90 Å². The third kappa shape index (κ3) is 2.08. The molecule has 0 amide bonds. The highest BCUT2D eigenvalue weighted by atomic mass is 32.2. The van der Waals surface area contributed by atoms with Crippen LogP contribution in [-0.4, -0.2) is 19.7 Å². The highest BCUT2D eigenvalue weighted by Crippen LogP contribution is 2.27. The first-order valence-corrected chi connectivity index (χ1v) is 7.00. The van der Waals surface area contributed by atoms with Crippen molar-refractivity contribution in [3.63, 3.8) is 0 Å². The molecule has 0 unspecified atom stereocenters. The molecule has 0 radical (unpaired) electrons. The number of benzene rings is 1. The summed E-state index contributed by atoms with van der Waals surface area (Å²) in [5.74, 6) is 0.305. The largest absolute Gasteiger partial charge is 0.384 e. The lowest BCUT2D eigenvalue weighted by Gasteiger charge is -2.01. The quantitative estimate of drug-likeness (QED) is 0.856. The van der Waals surface area contributed by atoms with Crippen LogP contribution in [-0.2, 0) is 9.84 Å². The highest BCUT2D eigenvalue weighted by Gasteiger charge is 2.12. The molecule has 0 atom stereocenters. The van der Waals surface area contributed by atoms with Gasteiger partial charge in [-0.3, -0.25) is 0 Å². The second-order valence-corrected chi connectivity index (χ2v) is 5.92. The molecule has 0 saturated carbocycles. The van der Waals surface area contributed by atoms with Crippen LogP contribution in [0, 0.1) is 11.3 Å². The van der Waals surface area contributed by atoms with Gasteiger partial charge in [0.05, 0.1) is 4.90 Å². The molecule has 1 aromatic carbocycles. The Kier molecular flexibility index (Phi) is 2.85. The van der Waals surface area contributed by atoms with Crippen LogP contribution < -0.4 is 5.73 Å². The zero-order valence-corrected chi connectivity index (χ0v) is 10.5. The van der Waals surface area contributed by atoms with E-state index >= 15 is 0 Å². The molecule has 0 spiro atoms. The molecular formula is C12H11N3O2S. The molecule has 2 rings (SSSR count). The van der Waals surface area contributed by atoms with Crippen molar-refractivity contribution in [2.24, 2.45) is 0 Å². The predicted octanol–water partition coefficient (Wildman–Crippen LogP) is 1.54. The summed E-state index contributed by atoms with van der Waals surface area (Å²) in [6, 6.07) is 8.34. The van der Waals surface area contributed by atoms with Crippen LogP contribution in [0.1, 0.15) is 5.56 Å². The van der Waals surface area contributed by atoms with Gasteiger partial charge in [0.25, 0.3) is 0 Å². The molecule has 0 aliphatic rings. The van der Waals surface area contributed by atoms with Crippen molar-refractivity contribution in [1.82, 2.24) is 4.98 Å². The lowest BCUT2D eigenvalue weighted by Crippen LogP contribution is -1.96. The van der Waals surface area contributed by atoms with E-state index in [4.69, 9.17) is 11.0 Å². The van der Waals surface area contributed by atoms with E-state index in [1.54, 1.807) is 18.3 Å². The van der Waals surface area contributed by atoms with Crippen molar-refractivity contribution >= 4 is 15.7 Å². The fourth-order valence-electron chi connectivity index (χ4n) is 1.67. The van der Waals surface area contributed by atoms with E-state index in [0.29, 0.717) is 16.9 Å². The molecule has 0 aliphatic heterocycles. The van der Waals surface area contributed by atoms with Gasteiger partial charge in [-0.05, 0) is 17.7 Å². The number of aromatic amines is 1. The van der Waals surface area contributed by atoms with Gasteiger partial charge in [-0.2, -0.15) is 5.26 Å². The summed E-state index contributed by atoms with van der Waals surface area (Å²) in [6.45, 7) is 0. The number of rotatable bonds is 2. The number of anilines is 1. The summed E-state index contributed by atoms with van der Waals surface area (Å²) >= 11 is 0.